The summed E-state index contributed by atoms with van der Waals surface area (Å²) in [4.78, 5) is 22.5. The molecule has 1 aromatic rings. The van der Waals surface area contributed by atoms with Gasteiger partial charge in [-0.1, -0.05) is 30.3 Å². The number of rotatable bonds is 3. The Labute approximate surface area is 91.6 Å². The first-order valence-corrected chi connectivity index (χ1v) is 5.48. The predicted octanol–water partition coefficient (Wildman–Crippen LogP) is 1.46. The summed E-state index contributed by atoms with van der Waals surface area (Å²) in [6.07, 6.45) is 1.34. The molecule has 0 spiro atoms. The molecule has 0 saturated carbocycles. The van der Waals surface area contributed by atoms with E-state index in [9.17, 15) is 9.59 Å². The van der Waals surface area contributed by atoms with Crippen molar-refractivity contribution in [2.45, 2.75) is 5.75 Å². The van der Waals surface area contributed by atoms with Crippen LogP contribution in [0.25, 0.3) is 0 Å². The lowest BCUT2D eigenvalue weighted by atomic mass is 10.2. The molecular formula is C11H9NO2S. The van der Waals surface area contributed by atoms with Crippen molar-refractivity contribution in [2.24, 2.45) is 0 Å². The van der Waals surface area contributed by atoms with Crippen LogP contribution < -0.4 is 5.32 Å². The Bertz CT molecular complexity index is 425. The van der Waals surface area contributed by atoms with Gasteiger partial charge >= 0.3 is 0 Å². The highest BCUT2D eigenvalue weighted by molar-refractivity contribution is 8.03. The van der Waals surface area contributed by atoms with E-state index < -0.39 is 0 Å². The van der Waals surface area contributed by atoms with Crippen molar-refractivity contribution in [1.29, 1.82) is 0 Å². The molecule has 0 bridgehead atoms. The predicted molar refractivity (Wildman–Crippen MR) is 59.0 cm³/mol. The van der Waals surface area contributed by atoms with Gasteiger partial charge in [0, 0.05) is 11.8 Å². The maximum atomic E-state index is 11.2. The lowest BCUT2D eigenvalue weighted by Gasteiger charge is -2.00. The van der Waals surface area contributed by atoms with Crippen molar-refractivity contribution in [1.82, 2.24) is 5.32 Å². The zero-order valence-electron chi connectivity index (χ0n) is 7.90. The molecule has 1 heterocycles. The smallest absolute Gasteiger partial charge is 0.264 e. The van der Waals surface area contributed by atoms with E-state index in [0.717, 1.165) is 5.56 Å². The second-order valence-electron chi connectivity index (χ2n) is 3.10. The van der Waals surface area contributed by atoms with Gasteiger partial charge in [-0.3, -0.25) is 14.9 Å². The molecule has 0 saturated heterocycles. The van der Waals surface area contributed by atoms with Crippen molar-refractivity contribution >= 4 is 23.6 Å². The topological polar surface area (TPSA) is 46.2 Å². The summed E-state index contributed by atoms with van der Waals surface area (Å²) in [7, 11) is 0. The summed E-state index contributed by atoms with van der Waals surface area (Å²) in [5.41, 5.74) is 1.13. The molecule has 2 rings (SSSR count). The highest BCUT2D eigenvalue weighted by atomic mass is 32.2. The van der Waals surface area contributed by atoms with Gasteiger partial charge < -0.3 is 0 Å². The zero-order valence-corrected chi connectivity index (χ0v) is 8.71. The fourth-order valence-corrected chi connectivity index (χ4v) is 2.12. The average molecular weight is 219 g/mol. The normalized spacial score (nSPS) is 15.1. The van der Waals surface area contributed by atoms with Crippen LogP contribution in [0.3, 0.4) is 0 Å². The molecule has 0 unspecified atom stereocenters. The van der Waals surface area contributed by atoms with Crippen LogP contribution in [-0.4, -0.2) is 11.8 Å². The summed E-state index contributed by atoms with van der Waals surface area (Å²) in [6, 6.07) is 9.82. The van der Waals surface area contributed by atoms with Gasteiger partial charge in [-0.15, -0.1) is 11.8 Å². The van der Waals surface area contributed by atoms with E-state index in [1.54, 1.807) is 0 Å². The summed E-state index contributed by atoms with van der Waals surface area (Å²) in [5, 5.41) is 2.21. The van der Waals surface area contributed by atoms with Gasteiger partial charge in [0.15, 0.2) is 0 Å². The van der Waals surface area contributed by atoms with Crippen LogP contribution in [0.4, 0.5) is 0 Å². The van der Waals surface area contributed by atoms with E-state index in [2.05, 4.69) is 5.32 Å². The third-order valence-corrected chi connectivity index (χ3v) is 3.05. The van der Waals surface area contributed by atoms with Crippen molar-refractivity contribution < 1.29 is 9.59 Å². The summed E-state index contributed by atoms with van der Waals surface area (Å²) >= 11 is 1.38. The van der Waals surface area contributed by atoms with Crippen LogP contribution >= 0.6 is 11.8 Å². The fourth-order valence-electron chi connectivity index (χ4n) is 1.24. The van der Waals surface area contributed by atoms with E-state index in [-0.39, 0.29) is 11.8 Å². The molecule has 1 aromatic carbocycles. The molecule has 15 heavy (non-hydrogen) atoms. The van der Waals surface area contributed by atoms with E-state index in [1.807, 2.05) is 30.3 Å². The van der Waals surface area contributed by atoms with Crippen molar-refractivity contribution in [3.05, 3.63) is 46.9 Å². The third-order valence-electron chi connectivity index (χ3n) is 1.96. The molecule has 0 aromatic heterocycles. The number of carbonyl (C=O) groups excluding carboxylic acids is 2. The maximum absolute atomic E-state index is 11.2. The number of benzene rings is 1. The Morgan fingerprint density at radius 2 is 1.87 bits per heavy atom. The lowest BCUT2D eigenvalue weighted by Crippen LogP contribution is -2.21. The van der Waals surface area contributed by atoms with Gasteiger partial charge in [-0.25, -0.2) is 0 Å². The minimum Gasteiger partial charge on any atom is -0.288 e. The van der Waals surface area contributed by atoms with E-state index in [0.29, 0.717) is 10.7 Å². The largest absolute Gasteiger partial charge is 0.288 e. The molecule has 1 N–H and O–H groups in total. The van der Waals surface area contributed by atoms with E-state index in [4.69, 9.17) is 0 Å². The minimum atomic E-state index is -0.324. The van der Waals surface area contributed by atoms with Gasteiger partial charge in [0.05, 0.1) is 4.91 Å². The Balaban J connectivity index is 1.97. The standard InChI is InChI=1S/C11H9NO2S/c13-10-6-9(11(14)12-10)15-7-8-4-2-1-3-5-8/h1-6H,7H2,(H,12,13,14). The highest BCUT2D eigenvalue weighted by Crippen LogP contribution is 2.23. The monoisotopic (exact) mass is 219 g/mol. The number of imide groups is 1. The number of amides is 2. The minimum absolute atomic E-state index is 0.291. The number of hydrogen-bond acceptors (Lipinski definition) is 3. The van der Waals surface area contributed by atoms with Gasteiger partial charge in [0.25, 0.3) is 11.8 Å². The fraction of sp³-hybridized carbons (Fsp3) is 0.0909. The van der Waals surface area contributed by atoms with E-state index in [1.165, 1.54) is 17.8 Å². The molecule has 76 valence electrons. The zero-order chi connectivity index (χ0) is 10.7. The number of thioether (sulfide) groups is 1. The quantitative estimate of drug-likeness (QED) is 0.783. The molecule has 0 atom stereocenters. The van der Waals surface area contributed by atoms with Gasteiger partial charge in [0.2, 0.25) is 0 Å². The Morgan fingerprint density at radius 3 is 2.47 bits per heavy atom. The molecule has 4 heteroatoms. The van der Waals surface area contributed by atoms with Crippen molar-refractivity contribution in [3.63, 3.8) is 0 Å². The SMILES string of the molecule is O=C1C=C(SCc2ccccc2)C(=O)N1. The first kappa shape index (κ1) is 9.98. The molecule has 2 amide bonds. The molecule has 1 aliphatic rings. The van der Waals surface area contributed by atoms with Crippen molar-refractivity contribution in [3.8, 4) is 0 Å². The maximum Gasteiger partial charge on any atom is 0.264 e. The van der Waals surface area contributed by atoms with Crippen LogP contribution in [0, 0.1) is 0 Å². The number of carbonyl (C=O) groups is 2. The average Bonchev–Trinajstić information content (AvgIpc) is 2.56. The lowest BCUT2D eigenvalue weighted by molar-refractivity contribution is -0.123. The highest BCUT2D eigenvalue weighted by Gasteiger charge is 2.20. The number of hydrogen-bond donors (Lipinski definition) is 1. The summed E-state index contributed by atoms with van der Waals surface area (Å²) in [6.45, 7) is 0. The second kappa shape index (κ2) is 4.31. The molecule has 0 radical (unpaired) electrons. The van der Waals surface area contributed by atoms with Crippen LogP contribution in [0.15, 0.2) is 41.3 Å². The van der Waals surface area contributed by atoms with Gasteiger partial charge in [-0.2, -0.15) is 0 Å². The molecule has 0 aliphatic carbocycles. The molecule has 1 aliphatic heterocycles. The van der Waals surface area contributed by atoms with Gasteiger partial charge in [-0.05, 0) is 5.56 Å². The first-order chi connectivity index (χ1) is 7.25. The molecule has 3 nitrogen and oxygen atoms in total. The summed E-state index contributed by atoms with van der Waals surface area (Å²) in [5.74, 6) is 0.0874. The first-order valence-electron chi connectivity index (χ1n) is 4.49. The molecular weight excluding hydrogens is 210 g/mol. The van der Waals surface area contributed by atoms with Crippen molar-refractivity contribution in [2.75, 3.05) is 0 Å². The second-order valence-corrected chi connectivity index (χ2v) is 4.12. The van der Waals surface area contributed by atoms with Gasteiger partial charge in [0.1, 0.15) is 0 Å². The Morgan fingerprint density at radius 1 is 1.13 bits per heavy atom. The van der Waals surface area contributed by atoms with E-state index >= 15 is 0 Å². The number of nitrogens with one attached hydrogen (secondary N) is 1. The Kier molecular flexibility index (Phi) is 2.87. The molecule has 0 fully saturated rings. The van der Waals surface area contributed by atoms with Crippen LogP contribution in [0.5, 0.6) is 0 Å². The van der Waals surface area contributed by atoms with Crippen LogP contribution in [0.1, 0.15) is 5.56 Å². The van der Waals surface area contributed by atoms with Crippen LogP contribution in [-0.2, 0) is 15.3 Å². The summed E-state index contributed by atoms with van der Waals surface area (Å²) < 4.78 is 0. The van der Waals surface area contributed by atoms with Crippen LogP contribution in [0.2, 0.25) is 0 Å². The third kappa shape index (κ3) is 2.47. The Hall–Kier alpha value is -1.55.